The highest BCUT2D eigenvalue weighted by atomic mass is 16.5. The minimum Gasteiger partial charge on any atom is -0.379 e. The van der Waals surface area contributed by atoms with Gasteiger partial charge in [0.25, 0.3) is 0 Å². The molecule has 11 atom stereocenters. The number of hydrogen-bond donors (Lipinski definition) is 2. The summed E-state index contributed by atoms with van der Waals surface area (Å²) in [4.78, 5) is 76.6. The smallest absolute Gasteiger partial charge is 0.228 e. The van der Waals surface area contributed by atoms with Gasteiger partial charge >= 0.3 is 0 Å². The topological polar surface area (TPSA) is 152 Å². The number of ether oxygens (including phenoxy) is 2. The second-order valence-corrected chi connectivity index (χ2v) is 18.9. The number of hydrogen-bond acceptors (Lipinski definition) is 9. The SMILES string of the molecule is CC[C@H](C)[C@@H]([C@@H](CC(=O)N1CCC[C@H]1[C@H](OC)[C@@H](C)C(=O)C[C@@H](Cc1ccccc1)C(=O)Nc1ccc(CN)cc1)OC)N(C)C(=O)[C@@H](CC(=O)[C@@H]1[C@H]2CC[C@H](C2)N1C)C(C)C. The molecule has 3 N–H and O–H groups in total. The number of piperidine rings is 1. The molecule has 0 radical (unpaired) electrons. The van der Waals surface area contributed by atoms with E-state index in [4.69, 9.17) is 15.2 Å². The zero-order valence-corrected chi connectivity index (χ0v) is 38.9. The molecule has 3 aliphatic rings. The normalized spacial score (nSPS) is 23.4. The number of fused-ring (bicyclic) bond motifs is 2. The van der Waals surface area contributed by atoms with Gasteiger partial charge in [-0.15, -0.1) is 0 Å². The summed E-state index contributed by atoms with van der Waals surface area (Å²) in [5, 5.41) is 3.01. The van der Waals surface area contributed by atoms with Crippen LogP contribution in [-0.4, -0.2) is 115 Å². The predicted octanol–water partition coefficient (Wildman–Crippen LogP) is 6.54. The Bertz CT molecular complexity index is 1800. The third-order valence-electron chi connectivity index (χ3n) is 14.7. The summed E-state index contributed by atoms with van der Waals surface area (Å²) >= 11 is 0. The number of nitrogens with one attached hydrogen (secondary N) is 1. The number of anilines is 1. The minimum absolute atomic E-state index is 0.00647. The van der Waals surface area contributed by atoms with Crippen LogP contribution < -0.4 is 11.1 Å². The molecule has 0 unspecified atom stereocenters. The fourth-order valence-electron chi connectivity index (χ4n) is 10.8. The molecule has 2 bridgehead atoms. The molecule has 62 heavy (non-hydrogen) atoms. The largest absolute Gasteiger partial charge is 0.379 e. The molecule has 5 rings (SSSR count). The summed E-state index contributed by atoms with van der Waals surface area (Å²) in [6.07, 6.45) is 4.91. The molecule has 342 valence electrons. The average molecular weight is 858 g/mol. The summed E-state index contributed by atoms with van der Waals surface area (Å²) in [7, 11) is 7.03. The van der Waals surface area contributed by atoms with Crippen molar-refractivity contribution in [3.63, 3.8) is 0 Å². The van der Waals surface area contributed by atoms with Crippen LogP contribution in [0.2, 0.25) is 0 Å². The van der Waals surface area contributed by atoms with Crippen molar-refractivity contribution in [2.24, 2.45) is 41.2 Å². The first-order valence-corrected chi connectivity index (χ1v) is 23.2. The molecule has 1 saturated carbocycles. The molecule has 2 heterocycles. The van der Waals surface area contributed by atoms with Crippen LogP contribution in [0.3, 0.4) is 0 Å². The first-order valence-electron chi connectivity index (χ1n) is 23.2. The van der Waals surface area contributed by atoms with Crippen LogP contribution in [-0.2, 0) is 46.4 Å². The number of methoxy groups -OCH3 is 2. The lowest BCUT2D eigenvalue weighted by Gasteiger charge is -2.41. The molecule has 2 aromatic carbocycles. The van der Waals surface area contributed by atoms with Crippen LogP contribution in [0.5, 0.6) is 0 Å². The monoisotopic (exact) mass is 858 g/mol. The Kier molecular flexibility index (Phi) is 17.9. The van der Waals surface area contributed by atoms with Gasteiger partial charge in [-0.1, -0.05) is 83.5 Å². The number of carbonyl (C=O) groups is 5. The van der Waals surface area contributed by atoms with E-state index in [0.717, 1.165) is 43.2 Å². The van der Waals surface area contributed by atoms with Crippen LogP contribution in [0.4, 0.5) is 5.69 Å². The molecular weight excluding hydrogens is 783 g/mol. The summed E-state index contributed by atoms with van der Waals surface area (Å²) in [5.41, 5.74) is 8.31. The second kappa shape index (κ2) is 22.6. The average Bonchev–Trinajstić information content (AvgIpc) is 4.03. The number of benzene rings is 2. The molecule has 12 nitrogen and oxygen atoms in total. The summed E-state index contributed by atoms with van der Waals surface area (Å²) < 4.78 is 12.2. The molecule has 12 heteroatoms. The van der Waals surface area contributed by atoms with Gasteiger partial charge in [-0.3, -0.25) is 28.9 Å². The van der Waals surface area contributed by atoms with Gasteiger partial charge in [-0.05, 0) is 86.6 Å². The Morgan fingerprint density at radius 3 is 2.16 bits per heavy atom. The van der Waals surface area contributed by atoms with E-state index in [1.807, 2.05) is 80.3 Å². The van der Waals surface area contributed by atoms with E-state index in [9.17, 15) is 24.0 Å². The molecule has 2 aromatic rings. The number of carbonyl (C=O) groups excluding carboxylic acids is 5. The van der Waals surface area contributed by atoms with Crippen LogP contribution >= 0.6 is 0 Å². The zero-order valence-electron chi connectivity index (χ0n) is 38.9. The van der Waals surface area contributed by atoms with Crippen LogP contribution in [0.1, 0.15) is 104 Å². The molecule has 0 spiro atoms. The highest BCUT2D eigenvalue weighted by Crippen LogP contribution is 2.43. The van der Waals surface area contributed by atoms with Crippen molar-refractivity contribution in [1.82, 2.24) is 14.7 Å². The Morgan fingerprint density at radius 1 is 0.887 bits per heavy atom. The van der Waals surface area contributed by atoms with E-state index < -0.39 is 36.0 Å². The summed E-state index contributed by atoms with van der Waals surface area (Å²) in [5.74, 6) is -1.78. The molecule has 0 aromatic heterocycles. The molecule has 2 saturated heterocycles. The number of likely N-dealkylation sites (tertiary alicyclic amines) is 2. The van der Waals surface area contributed by atoms with Gasteiger partial charge in [-0.2, -0.15) is 0 Å². The van der Waals surface area contributed by atoms with Gasteiger partial charge in [0.2, 0.25) is 17.7 Å². The van der Waals surface area contributed by atoms with E-state index in [0.29, 0.717) is 43.6 Å². The fourth-order valence-corrected chi connectivity index (χ4v) is 10.8. The zero-order chi connectivity index (χ0) is 45.2. The van der Waals surface area contributed by atoms with Crippen molar-refractivity contribution in [2.45, 2.75) is 142 Å². The van der Waals surface area contributed by atoms with E-state index in [2.05, 4.69) is 31.1 Å². The molecule has 2 aliphatic heterocycles. The number of rotatable bonds is 23. The Hall–Kier alpha value is -3.97. The number of likely N-dealkylation sites (N-methyl/N-ethyl adjacent to an activating group) is 2. The summed E-state index contributed by atoms with van der Waals surface area (Å²) in [6, 6.07) is 16.6. The van der Waals surface area contributed by atoms with Gasteiger partial charge in [0.05, 0.1) is 36.8 Å². The lowest BCUT2D eigenvalue weighted by atomic mass is 9.83. The van der Waals surface area contributed by atoms with Crippen molar-refractivity contribution >= 4 is 35.0 Å². The minimum atomic E-state index is -0.632. The van der Waals surface area contributed by atoms with Crippen molar-refractivity contribution in [1.29, 1.82) is 0 Å². The highest BCUT2D eigenvalue weighted by Gasteiger charge is 2.48. The standard InChI is InChI=1S/C50H75N5O7/c1-10-32(4)46(54(7)50(60)40(31(2)3)28-43(57)47-36-20-23-39(26-36)53(47)6)44(61-8)29-45(58)55-24-14-17-41(55)48(62-9)33(5)42(56)27-37(25-34-15-12-11-13-16-34)49(59)52-38-21-18-35(30-51)19-22-38/h11-13,15-16,18-19,21-22,31-33,36-37,39-41,44,46-48H,10,14,17,20,23-30,51H2,1-9H3,(H,52,59)/t32-,33-,36-,37+,39+,40-,41-,44+,46-,47-,48+/m0/s1. The fraction of sp³-hybridized carbons (Fsp3) is 0.660. The third-order valence-corrected chi connectivity index (χ3v) is 14.7. The maximum absolute atomic E-state index is 14.5. The van der Waals surface area contributed by atoms with Crippen LogP contribution in [0.25, 0.3) is 0 Å². The van der Waals surface area contributed by atoms with Gasteiger partial charge in [-0.25, -0.2) is 0 Å². The van der Waals surface area contributed by atoms with E-state index >= 15 is 0 Å². The molecule has 3 fully saturated rings. The predicted molar refractivity (Wildman–Crippen MR) is 243 cm³/mol. The van der Waals surface area contributed by atoms with Gasteiger partial charge in [0.1, 0.15) is 5.78 Å². The molecular formula is C50H75N5O7. The van der Waals surface area contributed by atoms with Gasteiger partial charge in [0, 0.05) is 76.7 Å². The maximum Gasteiger partial charge on any atom is 0.228 e. The van der Waals surface area contributed by atoms with Crippen molar-refractivity contribution in [2.75, 3.05) is 40.2 Å². The number of nitrogens with two attached hydrogens (primary N) is 1. The number of ketones is 2. The lowest BCUT2D eigenvalue weighted by Crippen LogP contribution is -2.54. The molecule has 1 aliphatic carbocycles. The first kappa shape index (κ1) is 49.1. The lowest BCUT2D eigenvalue weighted by molar-refractivity contribution is -0.149. The summed E-state index contributed by atoms with van der Waals surface area (Å²) in [6.45, 7) is 10.9. The quantitative estimate of drug-likeness (QED) is 0.127. The van der Waals surface area contributed by atoms with E-state index in [-0.39, 0.29) is 72.5 Å². The van der Waals surface area contributed by atoms with Gasteiger partial charge in [0.15, 0.2) is 5.78 Å². The van der Waals surface area contributed by atoms with Crippen LogP contribution in [0, 0.1) is 35.5 Å². The molecule has 3 amide bonds. The second-order valence-electron chi connectivity index (χ2n) is 18.9. The third kappa shape index (κ3) is 11.6. The maximum atomic E-state index is 14.5. The highest BCUT2D eigenvalue weighted by molar-refractivity contribution is 5.96. The first-order chi connectivity index (χ1) is 29.6. The number of Topliss-reactive ketones (excluding diaryl/α,β-unsaturated/α-hetero) is 2. The van der Waals surface area contributed by atoms with Crippen molar-refractivity contribution in [3.05, 3.63) is 65.7 Å². The van der Waals surface area contributed by atoms with E-state index in [1.165, 1.54) is 0 Å². The Labute approximate surface area is 371 Å². The van der Waals surface area contributed by atoms with Gasteiger partial charge < -0.3 is 30.3 Å². The Balaban J connectivity index is 1.27. The van der Waals surface area contributed by atoms with Crippen molar-refractivity contribution in [3.8, 4) is 0 Å². The van der Waals surface area contributed by atoms with Crippen LogP contribution in [0.15, 0.2) is 54.6 Å². The Morgan fingerprint density at radius 2 is 1.58 bits per heavy atom. The number of amides is 3. The van der Waals surface area contributed by atoms with Crippen molar-refractivity contribution < 1.29 is 33.4 Å². The van der Waals surface area contributed by atoms with E-state index in [1.54, 1.807) is 26.2 Å². The number of nitrogens with zero attached hydrogens (tertiary/aromatic N) is 3.